The average Bonchev–Trinajstić information content (AvgIpc) is 2.85. The van der Waals surface area contributed by atoms with Gasteiger partial charge in [-0.15, -0.1) is 0 Å². The molecule has 2 atom stereocenters. The van der Waals surface area contributed by atoms with E-state index in [2.05, 4.69) is 42.9 Å². The second kappa shape index (κ2) is 3.84. The van der Waals surface area contributed by atoms with E-state index in [-0.39, 0.29) is 6.10 Å². The number of imidazole rings is 1. The molecule has 0 amide bonds. The highest BCUT2D eigenvalue weighted by Gasteiger charge is 2.25. The molecule has 1 aliphatic heterocycles. The number of aromatic amines is 1. The second-order valence-electron chi connectivity index (χ2n) is 5.09. The molecule has 1 aromatic heterocycles. The van der Waals surface area contributed by atoms with E-state index in [0.29, 0.717) is 6.10 Å². The Bertz CT molecular complexity index is 520. The van der Waals surface area contributed by atoms with Crippen molar-refractivity contribution in [2.45, 2.75) is 45.8 Å². The Balaban J connectivity index is 2.02. The fourth-order valence-electron chi connectivity index (χ4n) is 2.45. The molecule has 0 saturated carbocycles. The van der Waals surface area contributed by atoms with Crippen molar-refractivity contribution < 1.29 is 4.74 Å². The second-order valence-corrected chi connectivity index (χ2v) is 5.09. The molecule has 0 bridgehead atoms. The number of nitrogens with one attached hydrogen (secondary N) is 1. The fourth-order valence-corrected chi connectivity index (χ4v) is 2.45. The van der Waals surface area contributed by atoms with Gasteiger partial charge in [0.25, 0.3) is 0 Å². The van der Waals surface area contributed by atoms with E-state index in [9.17, 15) is 0 Å². The lowest BCUT2D eigenvalue weighted by molar-refractivity contribution is 0.0510. The summed E-state index contributed by atoms with van der Waals surface area (Å²) in [5.74, 6) is 0.981. The molecule has 3 rings (SSSR count). The Hall–Kier alpha value is -1.35. The van der Waals surface area contributed by atoms with Crippen LogP contribution < -0.4 is 0 Å². The van der Waals surface area contributed by atoms with Crippen molar-refractivity contribution >= 4 is 11.0 Å². The van der Waals surface area contributed by atoms with Gasteiger partial charge in [0.2, 0.25) is 0 Å². The number of ether oxygens (including phenoxy) is 1. The van der Waals surface area contributed by atoms with Gasteiger partial charge in [0, 0.05) is 0 Å². The normalized spacial score (nSPS) is 24.6. The number of hydrogen-bond acceptors (Lipinski definition) is 2. The van der Waals surface area contributed by atoms with Crippen molar-refractivity contribution in [1.29, 1.82) is 0 Å². The summed E-state index contributed by atoms with van der Waals surface area (Å²) in [6.45, 7) is 6.37. The molecule has 1 aromatic carbocycles. The van der Waals surface area contributed by atoms with Gasteiger partial charge >= 0.3 is 0 Å². The lowest BCUT2D eigenvalue weighted by atomic mass is 10.1. The van der Waals surface area contributed by atoms with Crippen LogP contribution in [0.25, 0.3) is 11.0 Å². The predicted molar refractivity (Wildman–Crippen MR) is 68.1 cm³/mol. The summed E-state index contributed by atoms with van der Waals surface area (Å²) < 4.78 is 5.84. The first kappa shape index (κ1) is 10.8. The third-order valence-corrected chi connectivity index (χ3v) is 3.65. The lowest BCUT2D eigenvalue weighted by Gasteiger charge is -2.06. The van der Waals surface area contributed by atoms with Crippen molar-refractivity contribution in [2.75, 3.05) is 0 Å². The van der Waals surface area contributed by atoms with Crippen LogP contribution in [0.5, 0.6) is 0 Å². The first-order chi connectivity index (χ1) is 8.13. The van der Waals surface area contributed by atoms with Gasteiger partial charge in [-0.3, -0.25) is 0 Å². The van der Waals surface area contributed by atoms with Crippen molar-refractivity contribution in [1.82, 2.24) is 9.97 Å². The van der Waals surface area contributed by atoms with Gasteiger partial charge in [-0.1, -0.05) is 0 Å². The van der Waals surface area contributed by atoms with Gasteiger partial charge in [-0.05, 0) is 56.9 Å². The molecule has 2 aromatic rings. The van der Waals surface area contributed by atoms with Gasteiger partial charge in [-0.25, -0.2) is 4.98 Å². The third-order valence-electron chi connectivity index (χ3n) is 3.65. The molecule has 2 heterocycles. The van der Waals surface area contributed by atoms with Crippen LogP contribution in [0.2, 0.25) is 0 Å². The van der Waals surface area contributed by atoms with Crippen LogP contribution in [0.1, 0.15) is 42.8 Å². The van der Waals surface area contributed by atoms with E-state index < -0.39 is 0 Å². The Labute approximate surface area is 101 Å². The van der Waals surface area contributed by atoms with Crippen LogP contribution in [0.4, 0.5) is 0 Å². The number of rotatable bonds is 1. The van der Waals surface area contributed by atoms with E-state index in [1.165, 1.54) is 11.1 Å². The smallest absolute Gasteiger partial charge is 0.136 e. The highest BCUT2D eigenvalue weighted by atomic mass is 16.5. The molecule has 1 saturated heterocycles. The van der Waals surface area contributed by atoms with Crippen molar-refractivity contribution in [2.24, 2.45) is 0 Å². The largest absolute Gasteiger partial charge is 0.367 e. The molecule has 90 valence electrons. The minimum Gasteiger partial charge on any atom is -0.367 e. The van der Waals surface area contributed by atoms with Crippen LogP contribution in [-0.4, -0.2) is 16.1 Å². The minimum absolute atomic E-state index is 0.151. The monoisotopic (exact) mass is 230 g/mol. The number of benzene rings is 1. The van der Waals surface area contributed by atoms with Gasteiger partial charge < -0.3 is 9.72 Å². The lowest BCUT2D eigenvalue weighted by Crippen LogP contribution is -2.02. The topological polar surface area (TPSA) is 37.9 Å². The summed E-state index contributed by atoms with van der Waals surface area (Å²) in [5, 5.41) is 0. The Kier molecular flexibility index (Phi) is 2.44. The predicted octanol–water partition coefficient (Wildman–Crippen LogP) is 3.42. The van der Waals surface area contributed by atoms with Crippen LogP contribution in [-0.2, 0) is 4.74 Å². The Morgan fingerprint density at radius 3 is 2.71 bits per heavy atom. The summed E-state index contributed by atoms with van der Waals surface area (Å²) in [6.07, 6.45) is 2.70. The molecule has 1 N–H and O–H groups in total. The first-order valence-corrected chi connectivity index (χ1v) is 6.26. The standard InChI is InChI=1S/C14H18N2O/c1-8-6-11-12(7-9(8)2)16-14(15-11)13-5-4-10(3)17-13/h6-7,10,13H,4-5H2,1-3H3,(H,15,16). The molecule has 0 aliphatic carbocycles. The van der Waals surface area contributed by atoms with E-state index in [0.717, 1.165) is 29.7 Å². The van der Waals surface area contributed by atoms with Crippen LogP contribution in [0.3, 0.4) is 0 Å². The SMILES string of the molecule is Cc1cc2nc(C3CCC(C)O3)[nH]c2cc1C. The molecule has 2 unspecified atom stereocenters. The summed E-state index contributed by atoms with van der Waals surface area (Å²) in [5.41, 5.74) is 4.75. The van der Waals surface area contributed by atoms with Crippen LogP contribution >= 0.6 is 0 Å². The number of aromatic nitrogens is 2. The maximum atomic E-state index is 5.84. The van der Waals surface area contributed by atoms with Gasteiger partial charge in [0.05, 0.1) is 17.1 Å². The van der Waals surface area contributed by atoms with Crippen molar-refractivity contribution in [3.63, 3.8) is 0 Å². The molecule has 1 aliphatic rings. The highest BCUT2D eigenvalue weighted by molar-refractivity contribution is 5.77. The van der Waals surface area contributed by atoms with Crippen LogP contribution in [0, 0.1) is 13.8 Å². The number of aryl methyl sites for hydroxylation is 2. The third kappa shape index (κ3) is 1.84. The molecular weight excluding hydrogens is 212 g/mol. The molecule has 3 nitrogen and oxygen atoms in total. The highest BCUT2D eigenvalue weighted by Crippen LogP contribution is 2.32. The summed E-state index contributed by atoms with van der Waals surface area (Å²) in [6, 6.07) is 4.31. The van der Waals surface area contributed by atoms with E-state index >= 15 is 0 Å². The maximum absolute atomic E-state index is 5.84. The summed E-state index contributed by atoms with van der Waals surface area (Å²) >= 11 is 0. The summed E-state index contributed by atoms with van der Waals surface area (Å²) in [4.78, 5) is 8.04. The van der Waals surface area contributed by atoms with Crippen molar-refractivity contribution in [3.8, 4) is 0 Å². The van der Waals surface area contributed by atoms with Gasteiger partial charge in [-0.2, -0.15) is 0 Å². The molecular formula is C14H18N2O. The Morgan fingerprint density at radius 1 is 1.24 bits per heavy atom. The molecule has 0 radical (unpaired) electrons. The number of hydrogen-bond donors (Lipinski definition) is 1. The van der Waals surface area contributed by atoms with Crippen molar-refractivity contribution in [3.05, 3.63) is 29.1 Å². The fraction of sp³-hybridized carbons (Fsp3) is 0.500. The van der Waals surface area contributed by atoms with Gasteiger partial charge in [0.1, 0.15) is 11.9 Å². The molecule has 3 heteroatoms. The zero-order valence-corrected chi connectivity index (χ0v) is 10.6. The van der Waals surface area contributed by atoms with Crippen LogP contribution in [0.15, 0.2) is 12.1 Å². The van der Waals surface area contributed by atoms with Gasteiger partial charge in [0.15, 0.2) is 0 Å². The van der Waals surface area contributed by atoms with E-state index in [1.54, 1.807) is 0 Å². The minimum atomic E-state index is 0.151. The quantitative estimate of drug-likeness (QED) is 0.815. The number of nitrogens with zero attached hydrogens (tertiary/aromatic N) is 1. The maximum Gasteiger partial charge on any atom is 0.136 e. The zero-order chi connectivity index (χ0) is 12.0. The molecule has 17 heavy (non-hydrogen) atoms. The zero-order valence-electron chi connectivity index (χ0n) is 10.6. The van der Waals surface area contributed by atoms with E-state index in [4.69, 9.17) is 4.74 Å². The Morgan fingerprint density at radius 2 is 2.00 bits per heavy atom. The first-order valence-electron chi connectivity index (χ1n) is 6.26. The number of fused-ring (bicyclic) bond motifs is 1. The molecule has 1 fully saturated rings. The summed E-state index contributed by atoms with van der Waals surface area (Å²) in [7, 11) is 0. The average molecular weight is 230 g/mol. The molecule has 0 spiro atoms. The number of H-pyrrole nitrogens is 1. The van der Waals surface area contributed by atoms with E-state index in [1.807, 2.05) is 0 Å².